The monoisotopic (exact) mass is 415 g/mol. The maximum Gasteiger partial charge on any atom is 0.247 e. The van der Waals surface area contributed by atoms with Crippen LogP contribution in [0.25, 0.3) is 16.3 Å². The highest BCUT2D eigenvalue weighted by molar-refractivity contribution is 7.18. The third kappa shape index (κ3) is 3.89. The standard InChI is InChI=1S/C23H21N5OS/c29-22(13-12-18-16-27(26-25-18)15-17-7-2-1-3-8-17)28-14-6-10-20(28)23-24-19-9-4-5-11-21(19)30-23/h1-5,7-9,11-13,16,20H,6,10,14-15H2. The predicted octanol–water partition coefficient (Wildman–Crippen LogP) is 4.31. The van der Waals surface area contributed by atoms with Crippen molar-refractivity contribution in [3.63, 3.8) is 0 Å². The first kappa shape index (κ1) is 18.7. The van der Waals surface area contributed by atoms with E-state index in [1.807, 2.05) is 47.5 Å². The molecule has 5 rings (SSSR count). The maximum absolute atomic E-state index is 12.9. The van der Waals surface area contributed by atoms with Crippen molar-refractivity contribution in [1.82, 2.24) is 24.9 Å². The lowest BCUT2D eigenvalue weighted by atomic mass is 10.2. The van der Waals surface area contributed by atoms with Gasteiger partial charge in [0.25, 0.3) is 0 Å². The van der Waals surface area contributed by atoms with Gasteiger partial charge in [-0.3, -0.25) is 4.79 Å². The fourth-order valence-corrected chi connectivity index (χ4v) is 4.93. The quantitative estimate of drug-likeness (QED) is 0.456. The normalized spacial score (nSPS) is 16.7. The molecule has 0 N–H and O–H groups in total. The molecule has 0 saturated carbocycles. The van der Waals surface area contributed by atoms with E-state index in [0.29, 0.717) is 12.2 Å². The first-order chi connectivity index (χ1) is 14.8. The molecule has 1 unspecified atom stereocenters. The molecule has 0 spiro atoms. The Bertz CT molecular complexity index is 1160. The summed E-state index contributed by atoms with van der Waals surface area (Å²) in [5.74, 6) is -0.00522. The molecular formula is C23H21N5OS. The second kappa shape index (κ2) is 8.20. The summed E-state index contributed by atoms with van der Waals surface area (Å²) in [5.41, 5.74) is 2.84. The first-order valence-electron chi connectivity index (χ1n) is 10.0. The fraction of sp³-hybridized carbons (Fsp3) is 0.217. The van der Waals surface area contributed by atoms with E-state index in [1.165, 1.54) is 0 Å². The minimum Gasteiger partial charge on any atom is -0.330 e. The number of amides is 1. The summed E-state index contributed by atoms with van der Waals surface area (Å²) in [7, 11) is 0. The van der Waals surface area contributed by atoms with Gasteiger partial charge in [-0.2, -0.15) is 0 Å². The van der Waals surface area contributed by atoms with Crippen molar-refractivity contribution >= 4 is 33.5 Å². The van der Waals surface area contributed by atoms with E-state index in [1.54, 1.807) is 28.2 Å². The summed E-state index contributed by atoms with van der Waals surface area (Å²) in [5, 5.41) is 9.34. The van der Waals surface area contributed by atoms with Gasteiger partial charge in [0.15, 0.2) is 0 Å². The van der Waals surface area contributed by atoms with Crippen LogP contribution in [0.15, 0.2) is 66.9 Å². The number of benzene rings is 2. The fourth-order valence-electron chi connectivity index (χ4n) is 3.81. The van der Waals surface area contributed by atoms with Crippen LogP contribution in [0.1, 0.15) is 35.1 Å². The Morgan fingerprint density at radius 3 is 2.83 bits per heavy atom. The van der Waals surface area contributed by atoms with E-state index in [4.69, 9.17) is 4.98 Å². The van der Waals surface area contributed by atoms with Gasteiger partial charge in [-0.15, -0.1) is 16.4 Å². The van der Waals surface area contributed by atoms with Crippen LogP contribution in [0.4, 0.5) is 0 Å². The van der Waals surface area contributed by atoms with Crippen LogP contribution in [0.3, 0.4) is 0 Å². The molecule has 0 aliphatic carbocycles. The van der Waals surface area contributed by atoms with Crippen LogP contribution >= 0.6 is 11.3 Å². The minimum atomic E-state index is -0.00522. The summed E-state index contributed by atoms with van der Waals surface area (Å²) < 4.78 is 2.94. The van der Waals surface area contributed by atoms with Crippen molar-refractivity contribution in [3.05, 3.63) is 83.1 Å². The lowest BCUT2D eigenvalue weighted by Gasteiger charge is -2.21. The number of rotatable bonds is 5. The van der Waals surface area contributed by atoms with Gasteiger partial charge in [0.2, 0.25) is 5.91 Å². The summed E-state index contributed by atoms with van der Waals surface area (Å²) in [6, 6.07) is 18.3. The van der Waals surface area contributed by atoms with Gasteiger partial charge in [0.1, 0.15) is 10.7 Å². The molecule has 0 bridgehead atoms. The molecule has 150 valence electrons. The Morgan fingerprint density at radius 2 is 1.97 bits per heavy atom. The van der Waals surface area contributed by atoms with E-state index >= 15 is 0 Å². The van der Waals surface area contributed by atoms with Gasteiger partial charge in [-0.1, -0.05) is 47.7 Å². The highest BCUT2D eigenvalue weighted by Crippen LogP contribution is 2.36. The third-order valence-corrected chi connectivity index (χ3v) is 6.41. The molecule has 1 fully saturated rings. The second-order valence-electron chi connectivity index (χ2n) is 7.37. The Hall–Kier alpha value is -3.32. The number of hydrogen-bond acceptors (Lipinski definition) is 5. The number of para-hydroxylation sites is 1. The predicted molar refractivity (Wildman–Crippen MR) is 118 cm³/mol. The maximum atomic E-state index is 12.9. The Balaban J connectivity index is 1.28. The number of nitrogens with zero attached hydrogens (tertiary/aromatic N) is 5. The van der Waals surface area contributed by atoms with E-state index in [9.17, 15) is 4.79 Å². The van der Waals surface area contributed by atoms with E-state index in [0.717, 1.165) is 40.2 Å². The van der Waals surface area contributed by atoms with Crippen LogP contribution in [0.2, 0.25) is 0 Å². The summed E-state index contributed by atoms with van der Waals surface area (Å²) in [4.78, 5) is 19.6. The Labute approximate surface area is 178 Å². The lowest BCUT2D eigenvalue weighted by Crippen LogP contribution is -2.28. The molecule has 1 saturated heterocycles. The molecule has 3 heterocycles. The summed E-state index contributed by atoms with van der Waals surface area (Å²) >= 11 is 1.68. The number of carbonyl (C=O) groups excluding carboxylic acids is 1. The summed E-state index contributed by atoms with van der Waals surface area (Å²) in [6.07, 6.45) is 7.14. The molecule has 1 atom stereocenters. The Kier molecular flexibility index (Phi) is 5.11. The topological polar surface area (TPSA) is 63.9 Å². The molecule has 30 heavy (non-hydrogen) atoms. The highest BCUT2D eigenvalue weighted by atomic mass is 32.1. The molecule has 1 amide bonds. The van der Waals surface area contributed by atoms with Crippen molar-refractivity contribution in [3.8, 4) is 0 Å². The number of likely N-dealkylation sites (tertiary alicyclic amines) is 1. The van der Waals surface area contributed by atoms with Crippen molar-refractivity contribution in [2.24, 2.45) is 0 Å². The highest BCUT2D eigenvalue weighted by Gasteiger charge is 2.31. The van der Waals surface area contributed by atoms with Gasteiger partial charge in [-0.05, 0) is 36.6 Å². The average Bonchev–Trinajstić information content (AvgIpc) is 3.51. The van der Waals surface area contributed by atoms with E-state index < -0.39 is 0 Å². The van der Waals surface area contributed by atoms with Gasteiger partial charge >= 0.3 is 0 Å². The van der Waals surface area contributed by atoms with Gasteiger partial charge in [-0.25, -0.2) is 9.67 Å². The van der Waals surface area contributed by atoms with Crippen LogP contribution in [-0.2, 0) is 11.3 Å². The second-order valence-corrected chi connectivity index (χ2v) is 8.43. The smallest absolute Gasteiger partial charge is 0.247 e. The lowest BCUT2D eigenvalue weighted by molar-refractivity contribution is -0.126. The van der Waals surface area contributed by atoms with E-state index in [2.05, 4.69) is 28.5 Å². The number of aromatic nitrogens is 4. The molecule has 0 radical (unpaired) electrons. The number of fused-ring (bicyclic) bond motifs is 1. The minimum absolute atomic E-state index is 0.00522. The zero-order valence-corrected chi connectivity index (χ0v) is 17.2. The van der Waals surface area contributed by atoms with Crippen molar-refractivity contribution in [1.29, 1.82) is 0 Å². The van der Waals surface area contributed by atoms with Gasteiger partial charge < -0.3 is 4.90 Å². The SMILES string of the molecule is O=C(C=Cc1cn(Cc2ccccc2)nn1)N1CCCC1c1nc2ccccc2s1. The van der Waals surface area contributed by atoms with Crippen LogP contribution < -0.4 is 0 Å². The van der Waals surface area contributed by atoms with E-state index in [-0.39, 0.29) is 11.9 Å². The number of thiazole rings is 1. The van der Waals surface area contributed by atoms with Crippen molar-refractivity contribution in [2.45, 2.75) is 25.4 Å². The molecular weight excluding hydrogens is 394 g/mol. The van der Waals surface area contributed by atoms with Gasteiger partial charge in [0, 0.05) is 12.6 Å². The molecule has 2 aromatic heterocycles. The first-order valence-corrected chi connectivity index (χ1v) is 10.9. The summed E-state index contributed by atoms with van der Waals surface area (Å²) in [6.45, 7) is 1.41. The molecule has 6 nitrogen and oxygen atoms in total. The average molecular weight is 416 g/mol. The van der Waals surface area contributed by atoms with Crippen LogP contribution in [0, 0.1) is 0 Å². The zero-order valence-electron chi connectivity index (χ0n) is 16.4. The van der Waals surface area contributed by atoms with Crippen molar-refractivity contribution < 1.29 is 4.79 Å². The number of hydrogen-bond donors (Lipinski definition) is 0. The van der Waals surface area contributed by atoms with Crippen LogP contribution in [-0.4, -0.2) is 37.3 Å². The largest absolute Gasteiger partial charge is 0.330 e. The van der Waals surface area contributed by atoms with Gasteiger partial charge in [0.05, 0.1) is 29.0 Å². The molecule has 1 aliphatic heterocycles. The molecule has 1 aliphatic rings. The zero-order chi connectivity index (χ0) is 20.3. The van der Waals surface area contributed by atoms with Crippen molar-refractivity contribution in [2.75, 3.05) is 6.54 Å². The molecule has 4 aromatic rings. The molecule has 7 heteroatoms. The van der Waals surface area contributed by atoms with Crippen LogP contribution in [0.5, 0.6) is 0 Å². The molecule has 2 aromatic carbocycles. The Morgan fingerprint density at radius 1 is 1.13 bits per heavy atom. The number of carbonyl (C=O) groups is 1. The third-order valence-electron chi connectivity index (χ3n) is 5.27.